The fraction of sp³-hybridized carbons (Fsp3) is 0.400. The molecular weight excluding hydrogens is 288 g/mol. The van der Waals surface area contributed by atoms with E-state index in [1.807, 2.05) is 0 Å². The summed E-state index contributed by atoms with van der Waals surface area (Å²) in [5.74, 6) is 0. The van der Waals surface area contributed by atoms with Gasteiger partial charge in [-0.05, 0) is 72.3 Å². The number of hydrogen-bond donors (Lipinski definition) is 1. The van der Waals surface area contributed by atoms with Crippen LogP contribution in [-0.2, 0) is 12.8 Å². The fourth-order valence-electron chi connectivity index (χ4n) is 2.84. The molecule has 94 valence electrons. The number of fused-ring (bicyclic) bond motifs is 2. The van der Waals surface area contributed by atoms with E-state index in [0.717, 1.165) is 29.4 Å². The van der Waals surface area contributed by atoms with E-state index in [1.165, 1.54) is 34.3 Å². The summed E-state index contributed by atoms with van der Waals surface area (Å²) >= 11 is 3.65. The maximum absolute atomic E-state index is 4.85. The van der Waals surface area contributed by atoms with Crippen molar-refractivity contribution in [3.05, 3.63) is 33.4 Å². The number of benzene rings is 1. The van der Waals surface area contributed by atoms with Crippen molar-refractivity contribution in [2.75, 3.05) is 11.9 Å². The van der Waals surface area contributed by atoms with Gasteiger partial charge in [-0.2, -0.15) is 0 Å². The third-order valence-electron chi connectivity index (χ3n) is 3.57. The van der Waals surface area contributed by atoms with Gasteiger partial charge < -0.3 is 5.32 Å². The lowest BCUT2D eigenvalue weighted by molar-refractivity contribution is 0.901. The zero-order valence-electron chi connectivity index (χ0n) is 10.8. The van der Waals surface area contributed by atoms with E-state index >= 15 is 0 Å². The largest absolute Gasteiger partial charge is 0.384 e. The van der Waals surface area contributed by atoms with Crippen LogP contribution in [0.1, 0.15) is 30.2 Å². The molecule has 1 aliphatic carbocycles. The van der Waals surface area contributed by atoms with E-state index in [9.17, 15) is 0 Å². The van der Waals surface area contributed by atoms with Crippen molar-refractivity contribution in [3.8, 4) is 0 Å². The smallest absolute Gasteiger partial charge is 0.0868 e. The van der Waals surface area contributed by atoms with Crippen molar-refractivity contribution < 1.29 is 0 Å². The number of rotatable bonds is 2. The molecule has 1 heterocycles. The van der Waals surface area contributed by atoms with Crippen LogP contribution in [-0.4, -0.2) is 11.5 Å². The van der Waals surface area contributed by atoms with Crippen molar-refractivity contribution in [3.63, 3.8) is 0 Å². The molecule has 0 fully saturated rings. The van der Waals surface area contributed by atoms with Gasteiger partial charge in [-0.1, -0.05) is 0 Å². The van der Waals surface area contributed by atoms with Gasteiger partial charge in [0.25, 0.3) is 0 Å². The van der Waals surface area contributed by atoms with E-state index in [-0.39, 0.29) is 0 Å². The summed E-state index contributed by atoms with van der Waals surface area (Å²) in [5, 5.41) is 4.80. The fourth-order valence-corrected chi connectivity index (χ4v) is 3.50. The Labute approximate surface area is 116 Å². The first-order valence-corrected chi connectivity index (χ1v) is 7.35. The molecule has 1 aliphatic rings. The van der Waals surface area contributed by atoms with Gasteiger partial charge in [-0.15, -0.1) is 0 Å². The van der Waals surface area contributed by atoms with Gasteiger partial charge in [-0.3, -0.25) is 4.98 Å². The van der Waals surface area contributed by atoms with E-state index in [2.05, 4.69) is 47.2 Å². The van der Waals surface area contributed by atoms with Gasteiger partial charge >= 0.3 is 0 Å². The minimum Gasteiger partial charge on any atom is -0.384 e. The molecule has 1 aromatic carbocycles. The van der Waals surface area contributed by atoms with Crippen molar-refractivity contribution in [1.82, 2.24) is 4.98 Å². The Morgan fingerprint density at radius 2 is 2.17 bits per heavy atom. The molecule has 0 spiro atoms. The number of nitrogens with zero attached hydrogens (tertiary/aromatic N) is 1. The van der Waals surface area contributed by atoms with Gasteiger partial charge in [0.05, 0.1) is 5.52 Å². The Kier molecular flexibility index (Phi) is 3.02. The highest BCUT2D eigenvalue weighted by Crippen LogP contribution is 2.37. The zero-order chi connectivity index (χ0) is 12.7. The summed E-state index contributed by atoms with van der Waals surface area (Å²) < 4.78 is 1.10. The predicted molar refractivity (Wildman–Crippen MR) is 80.4 cm³/mol. The Morgan fingerprint density at radius 3 is 2.94 bits per heavy atom. The zero-order valence-corrected chi connectivity index (χ0v) is 12.4. The average Bonchev–Trinajstić information content (AvgIpc) is 2.78. The summed E-state index contributed by atoms with van der Waals surface area (Å²) in [6.45, 7) is 5.24. The molecule has 0 amide bonds. The Hall–Kier alpha value is -1.09. The molecule has 18 heavy (non-hydrogen) atoms. The van der Waals surface area contributed by atoms with E-state index < -0.39 is 0 Å². The van der Waals surface area contributed by atoms with Crippen LogP contribution < -0.4 is 5.32 Å². The second kappa shape index (κ2) is 4.54. The maximum atomic E-state index is 4.85. The highest BCUT2D eigenvalue weighted by Gasteiger charge is 2.20. The molecule has 3 rings (SSSR count). The Bertz CT molecular complexity index is 620. The van der Waals surface area contributed by atoms with Crippen LogP contribution in [0, 0.1) is 6.92 Å². The number of aryl methyl sites for hydroxylation is 2. The second-order valence-electron chi connectivity index (χ2n) is 4.94. The molecule has 2 nitrogen and oxygen atoms in total. The van der Waals surface area contributed by atoms with Crippen LogP contribution in [0.2, 0.25) is 0 Å². The summed E-state index contributed by atoms with van der Waals surface area (Å²) in [6, 6.07) is 4.39. The van der Waals surface area contributed by atoms with Crippen molar-refractivity contribution in [1.29, 1.82) is 0 Å². The molecule has 1 aromatic heterocycles. The Morgan fingerprint density at radius 1 is 1.33 bits per heavy atom. The predicted octanol–water partition coefficient (Wildman–Crippen LogP) is 4.23. The number of hydrogen-bond acceptors (Lipinski definition) is 2. The molecule has 0 saturated carbocycles. The SMILES string of the molecule is CCNc1c2c(nc3c(Br)cc(C)cc13)CCC2. The standard InChI is InChI=1S/C15H17BrN2/c1-3-17-14-10-5-4-6-13(10)18-15-11(14)7-9(2)8-12(15)16/h7-8H,3-6H2,1-2H3,(H,17,18). The van der Waals surface area contributed by atoms with Crippen LogP contribution >= 0.6 is 15.9 Å². The van der Waals surface area contributed by atoms with Crippen molar-refractivity contribution in [2.45, 2.75) is 33.1 Å². The van der Waals surface area contributed by atoms with Gasteiger partial charge in [0.1, 0.15) is 0 Å². The van der Waals surface area contributed by atoms with Crippen LogP contribution in [0.5, 0.6) is 0 Å². The lowest BCUT2D eigenvalue weighted by atomic mass is 10.0. The summed E-state index contributed by atoms with van der Waals surface area (Å²) in [7, 11) is 0. The molecule has 0 aliphatic heterocycles. The van der Waals surface area contributed by atoms with Gasteiger partial charge in [0.2, 0.25) is 0 Å². The number of nitrogens with one attached hydrogen (secondary N) is 1. The Balaban J connectivity index is 2.38. The molecule has 0 bridgehead atoms. The third-order valence-corrected chi connectivity index (χ3v) is 4.17. The van der Waals surface area contributed by atoms with Crippen LogP contribution in [0.3, 0.4) is 0 Å². The van der Waals surface area contributed by atoms with E-state index in [0.29, 0.717) is 0 Å². The molecule has 0 atom stereocenters. The first kappa shape index (κ1) is 12.0. The molecule has 2 aromatic rings. The first-order valence-electron chi connectivity index (χ1n) is 6.56. The molecular formula is C15H17BrN2. The minimum atomic E-state index is 0.955. The minimum absolute atomic E-state index is 0.955. The molecule has 0 saturated heterocycles. The number of halogens is 1. The van der Waals surface area contributed by atoms with Crippen LogP contribution in [0.4, 0.5) is 5.69 Å². The molecule has 1 N–H and O–H groups in total. The highest BCUT2D eigenvalue weighted by atomic mass is 79.9. The van der Waals surface area contributed by atoms with Gasteiger partial charge in [-0.25, -0.2) is 0 Å². The third kappa shape index (κ3) is 1.81. The normalized spacial score (nSPS) is 13.9. The van der Waals surface area contributed by atoms with Crippen LogP contribution in [0.15, 0.2) is 16.6 Å². The maximum Gasteiger partial charge on any atom is 0.0868 e. The second-order valence-corrected chi connectivity index (χ2v) is 5.79. The first-order chi connectivity index (χ1) is 8.70. The lowest BCUT2D eigenvalue weighted by Crippen LogP contribution is -2.04. The summed E-state index contributed by atoms with van der Waals surface area (Å²) in [6.07, 6.45) is 3.50. The average molecular weight is 305 g/mol. The topological polar surface area (TPSA) is 24.9 Å². The lowest BCUT2D eigenvalue weighted by Gasteiger charge is -2.15. The van der Waals surface area contributed by atoms with E-state index in [4.69, 9.17) is 4.98 Å². The summed E-state index contributed by atoms with van der Waals surface area (Å²) in [4.78, 5) is 4.85. The molecule has 0 radical (unpaired) electrons. The van der Waals surface area contributed by atoms with Gasteiger partial charge in [0, 0.05) is 27.8 Å². The number of aromatic nitrogens is 1. The number of pyridine rings is 1. The van der Waals surface area contributed by atoms with Crippen molar-refractivity contribution >= 4 is 32.5 Å². The molecule has 0 unspecified atom stereocenters. The van der Waals surface area contributed by atoms with Crippen LogP contribution in [0.25, 0.3) is 10.9 Å². The van der Waals surface area contributed by atoms with E-state index in [1.54, 1.807) is 0 Å². The van der Waals surface area contributed by atoms with Gasteiger partial charge in [0.15, 0.2) is 0 Å². The quantitative estimate of drug-likeness (QED) is 0.898. The summed E-state index contributed by atoms with van der Waals surface area (Å²) in [5.41, 5.74) is 6.38. The molecule has 3 heteroatoms. The monoisotopic (exact) mass is 304 g/mol. The highest BCUT2D eigenvalue weighted by molar-refractivity contribution is 9.10. The number of anilines is 1. The van der Waals surface area contributed by atoms with Crippen molar-refractivity contribution in [2.24, 2.45) is 0 Å².